The molecule has 20 heavy (non-hydrogen) atoms. The second-order valence-corrected chi connectivity index (χ2v) is 4.99. The van der Waals surface area contributed by atoms with Crippen LogP contribution in [-0.4, -0.2) is 16.2 Å². The first-order chi connectivity index (χ1) is 9.47. The monoisotopic (exact) mass is 339 g/mol. The van der Waals surface area contributed by atoms with Crippen molar-refractivity contribution in [3.05, 3.63) is 57.8 Å². The first kappa shape index (κ1) is 14.3. The fourth-order valence-corrected chi connectivity index (χ4v) is 2.09. The van der Waals surface area contributed by atoms with E-state index in [1.165, 1.54) is 12.1 Å². The fraction of sp³-hybridized carbons (Fsp3) is 0.0714. The van der Waals surface area contributed by atoms with Gasteiger partial charge in [-0.2, -0.15) is 0 Å². The minimum Gasteiger partial charge on any atom is -0.507 e. The first-order valence-corrected chi connectivity index (χ1v) is 6.51. The highest BCUT2D eigenvalue weighted by Crippen LogP contribution is 2.24. The van der Waals surface area contributed by atoms with Gasteiger partial charge in [-0.1, -0.05) is 6.07 Å². The molecule has 0 saturated heterocycles. The number of nitrogens with one attached hydrogen (secondary N) is 1. The molecule has 0 amide bonds. The zero-order valence-electron chi connectivity index (χ0n) is 10.2. The SMILES string of the molecule is O=C(O)c1cc(NCc2ccc(O)c(Br)c2)ccc1F. The molecule has 0 atom stereocenters. The summed E-state index contributed by atoms with van der Waals surface area (Å²) in [5.41, 5.74) is 1.02. The third kappa shape index (κ3) is 3.27. The van der Waals surface area contributed by atoms with Gasteiger partial charge >= 0.3 is 5.97 Å². The van der Waals surface area contributed by atoms with Crippen LogP contribution in [0.4, 0.5) is 10.1 Å². The van der Waals surface area contributed by atoms with Gasteiger partial charge in [-0.25, -0.2) is 9.18 Å². The number of benzene rings is 2. The Bertz CT molecular complexity index is 661. The molecule has 0 spiro atoms. The van der Waals surface area contributed by atoms with Crippen LogP contribution in [0.3, 0.4) is 0 Å². The van der Waals surface area contributed by atoms with E-state index in [1.54, 1.807) is 18.2 Å². The van der Waals surface area contributed by atoms with Crippen molar-refractivity contribution in [3.8, 4) is 5.75 Å². The van der Waals surface area contributed by atoms with E-state index in [-0.39, 0.29) is 11.3 Å². The maximum atomic E-state index is 13.2. The molecule has 4 nitrogen and oxygen atoms in total. The van der Waals surface area contributed by atoms with Crippen LogP contribution in [0.25, 0.3) is 0 Å². The van der Waals surface area contributed by atoms with Crippen molar-refractivity contribution in [1.29, 1.82) is 0 Å². The molecule has 3 N–H and O–H groups in total. The zero-order chi connectivity index (χ0) is 14.7. The number of halogens is 2. The number of phenols is 1. The van der Waals surface area contributed by atoms with Crippen LogP contribution in [0.15, 0.2) is 40.9 Å². The Hall–Kier alpha value is -2.08. The van der Waals surface area contributed by atoms with Crippen molar-refractivity contribution in [2.24, 2.45) is 0 Å². The van der Waals surface area contributed by atoms with Gasteiger partial charge in [-0.15, -0.1) is 0 Å². The van der Waals surface area contributed by atoms with Crippen molar-refractivity contribution in [2.75, 3.05) is 5.32 Å². The summed E-state index contributed by atoms with van der Waals surface area (Å²) in [6.45, 7) is 0.420. The lowest BCUT2D eigenvalue weighted by Gasteiger charge is -2.08. The largest absolute Gasteiger partial charge is 0.507 e. The average Bonchev–Trinajstić information content (AvgIpc) is 2.41. The molecule has 0 bridgehead atoms. The fourth-order valence-electron chi connectivity index (χ4n) is 1.66. The predicted molar refractivity (Wildman–Crippen MR) is 76.5 cm³/mol. The van der Waals surface area contributed by atoms with Crippen LogP contribution in [0.2, 0.25) is 0 Å². The van der Waals surface area contributed by atoms with Crippen molar-refractivity contribution in [3.63, 3.8) is 0 Å². The molecular weight excluding hydrogens is 329 g/mol. The lowest BCUT2D eigenvalue weighted by Crippen LogP contribution is -2.04. The summed E-state index contributed by atoms with van der Waals surface area (Å²) in [5, 5.41) is 21.2. The lowest BCUT2D eigenvalue weighted by atomic mass is 10.1. The number of anilines is 1. The van der Waals surface area contributed by atoms with Gasteiger partial charge in [0.2, 0.25) is 0 Å². The highest BCUT2D eigenvalue weighted by Gasteiger charge is 2.10. The Morgan fingerprint density at radius 3 is 2.65 bits per heavy atom. The van der Waals surface area contributed by atoms with Gasteiger partial charge in [0.15, 0.2) is 0 Å². The van der Waals surface area contributed by atoms with Crippen LogP contribution < -0.4 is 5.32 Å². The van der Waals surface area contributed by atoms with E-state index >= 15 is 0 Å². The average molecular weight is 340 g/mol. The van der Waals surface area contributed by atoms with E-state index in [2.05, 4.69) is 21.2 Å². The van der Waals surface area contributed by atoms with E-state index in [9.17, 15) is 14.3 Å². The molecule has 0 aliphatic rings. The third-order valence-corrected chi connectivity index (χ3v) is 3.34. The Balaban J connectivity index is 2.12. The Morgan fingerprint density at radius 2 is 2.00 bits per heavy atom. The van der Waals surface area contributed by atoms with E-state index < -0.39 is 11.8 Å². The van der Waals surface area contributed by atoms with E-state index in [0.29, 0.717) is 16.7 Å². The van der Waals surface area contributed by atoms with Gasteiger partial charge in [0.05, 0.1) is 10.0 Å². The third-order valence-electron chi connectivity index (χ3n) is 2.71. The second kappa shape index (κ2) is 5.92. The molecule has 2 aromatic rings. The summed E-state index contributed by atoms with van der Waals surface area (Å²) in [7, 11) is 0. The van der Waals surface area contributed by atoms with Gasteiger partial charge < -0.3 is 15.5 Å². The maximum Gasteiger partial charge on any atom is 0.338 e. The number of carboxylic acids is 1. The van der Waals surface area contributed by atoms with Crippen molar-refractivity contribution in [2.45, 2.75) is 6.54 Å². The number of hydrogen-bond donors (Lipinski definition) is 3. The summed E-state index contributed by atoms with van der Waals surface area (Å²) in [6, 6.07) is 8.84. The van der Waals surface area contributed by atoms with Crippen LogP contribution in [0.5, 0.6) is 5.75 Å². The Kier molecular flexibility index (Phi) is 4.24. The molecule has 2 rings (SSSR count). The standard InChI is InChI=1S/C14H11BrFNO3/c15-11-5-8(1-4-13(11)18)7-17-9-2-3-12(16)10(6-9)14(19)20/h1-6,17-18H,7H2,(H,19,20). The molecule has 104 valence electrons. The topological polar surface area (TPSA) is 69.6 Å². The molecule has 0 fully saturated rings. The van der Waals surface area contributed by atoms with Crippen LogP contribution in [0.1, 0.15) is 15.9 Å². The number of aromatic carboxylic acids is 1. The van der Waals surface area contributed by atoms with Gasteiger partial charge in [-0.3, -0.25) is 0 Å². The molecule has 0 aliphatic heterocycles. The molecule has 0 saturated carbocycles. The predicted octanol–water partition coefficient (Wildman–Crippen LogP) is 3.60. The Morgan fingerprint density at radius 1 is 1.25 bits per heavy atom. The van der Waals surface area contributed by atoms with E-state index in [1.807, 2.05) is 0 Å². The van der Waals surface area contributed by atoms with Crippen LogP contribution in [0, 0.1) is 5.82 Å². The Labute approximate surface area is 123 Å². The molecule has 0 aliphatic carbocycles. The van der Waals surface area contributed by atoms with Crippen molar-refractivity contribution in [1.82, 2.24) is 0 Å². The molecule has 2 aromatic carbocycles. The highest BCUT2D eigenvalue weighted by molar-refractivity contribution is 9.10. The summed E-state index contributed by atoms with van der Waals surface area (Å²) >= 11 is 3.21. The minimum atomic E-state index is -1.31. The number of phenolic OH excluding ortho intramolecular Hbond substituents is 1. The van der Waals surface area contributed by atoms with Gasteiger partial charge in [0.25, 0.3) is 0 Å². The summed E-state index contributed by atoms with van der Waals surface area (Å²) < 4.78 is 13.8. The normalized spacial score (nSPS) is 10.3. The van der Waals surface area contributed by atoms with Gasteiger partial charge in [-0.05, 0) is 51.8 Å². The van der Waals surface area contributed by atoms with Gasteiger partial charge in [0, 0.05) is 12.2 Å². The summed E-state index contributed by atoms with van der Waals surface area (Å²) in [4.78, 5) is 10.8. The van der Waals surface area contributed by atoms with Crippen molar-refractivity contribution >= 4 is 27.6 Å². The number of aromatic hydroxyl groups is 1. The summed E-state index contributed by atoms with van der Waals surface area (Å²) in [5.74, 6) is -1.93. The van der Waals surface area contributed by atoms with Crippen LogP contribution >= 0.6 is 15.9 Å². The second-order valence-electron chi connectivity index (χ2n) is 4.14. The number of carbonyl (C=O) groups is 1. The van der Waals surface area contributed by atoms with Crippen LogP contribution in [-0.2, 0) is 6.54 Å². The first-order valence-electron chi connectivity index (χ1n) is 5.71. The van der Waals surface area contributed by atoms with E-state index in [0.717, 1.165) is 11.6 Å². The number of rotatable bonds is 4. The lowest BCUT2D eigenvalue weighted by molar-refractivity contribution is 0.0692. The van der Waals surface area contributed by atoms with E-state index in [4.69, 9.17) is 5.11 Å². The zero-order valence-corrected chi connectivity index (χ0v) is 11.8. The quantitative estimate of drug-likeness (QED) is 0.795. The number of hydrogen-bond acceptors (Lipinski definition) is 3. The minimum absolute atomic E-state index is 0.142. The number of carboxylic acid groups (broad SMARTS) is 1. The maximum absolute atomic E-state index is 13.2. The molecular formula is C14H11BrFNO3. The molecule has 0 heterocycles. The molecule has 6 heteroatoms. The molecule has 0 unspecified atom stereocenters. The molecule has 0 aromatic heterocycles. The molecule has 0 radical (unpaired) electrons. The highest BCUT2D eigenvalue weighted by atomic mass is 79.9. The van der Waals surface area contributed by atoms with Gasteiger partial charge in [0.1, 0.15) is 11.6 Å². The smallest absolute Gasteiger partial charge is 0.338 e. The van der Waals surface area contributed by atoms with Crippen molar-refractivity contribution < 1.29 is 19.4 Å². The summed E-state index contributed by atoms with van der Waals surface area (Å²) in [6.07, 6.45) is 0.